The summed E-state index contributed by atoms with van der Waals surface area (Å²) in [6.07, 6.45) is -5.59. The van der Waals surface area contributed by atoms with Gasteiger partial charge < -0.3 is 14.8 Å². The highest BCUT2D eigenvalue weighted by atomic mass is 35.5. The van der Waals surface area contributed by atoms with Crippen LogP contribution in [-0.2, 0) is 33.5 Å². The van der Waals surface area contributed by atoms with Crippen molar-refractivity contribution in [1.82, 2.24) is 5.32 Å². The third-order valence-electron chi connectivity index (χ3n) is 3.98. The molecular formula is C22H23ClF3NO4. The van der Waals surface area contributed by atoms with Crippen molar-refractivity contribution in [1.29, 1.82) is 0 Å². The normalized spacial score (nSPS) is 12.7. The third-order valence-corrected chi connectivity index (χ3v) is 4.29. The first-order valence-corrected chi connectivity index (χ1v) is 9.78. The number of alkyl halides is 3. The van der Waals surface area contributed by atoms with Crippen molar-refractivity contribution < 1.29 is 32.2 Å². The van der Waals surface area contributed by atoms with Crippen molar-refractivity contribution in [2.24, 2.45) is 0 Å². The summed E-state index contributed by atoms with van der Waals surface area (Å²) in [5.74, 6) is -0.759. The van der Waals surface area contributed by atoms with Gasteiger partial charge >= 0.3 is 18.2 Å². The molecule has 2 aromatic rings. The van der Waals surface area contributed by atoms with E-state index in [4.69, 9.17) is 21.1 Å². The van der Waals surface area contributed by atoms with Gasteiger partial charge in [0.2, 0.25) is 0 Å². The molecule has 1 unspecified atom stereocenters. The minimum absolute atomic E-state index is 0.0278. The molecule has 0 spiro atoms. The molecule has 0 saturated heterocycles. The average molecular weight is 458 g/mol. The highest BCUT2D eigenvalue weighted by Crippen LogP contribution is 2.35. The van der Waals surface area contributed by atoms with Gasteiger partial charge in [0.25, 0.3) is 0 Å². The van der Waals surface area contributed by atoms with Crippen molar-refractivity contribution >= 4 is 23.7 Å². The maximum absolute atomic E-state index is 12.9. The van der Waals surface area contributed by atoms with Gasteiger partial charge in [-0.05, 0) is 44.0 Å². The number of hydrogen-bond acceptors (Lipinski definition) is 4. The first-order valence-electron chi connectivity index (χ1n) is 9.41. The van der Waals surface area contributed by atoms with Gasteiger partial charge in [0.1, 0.15) is 18.2 Å². The molecule has 0 aliphatic carbocycles. The maximum atomic E-state index is 12.9. The summed E-state index contributed by atoms with van der Waals surface area (Å²) in [6, 6.07) is 10.9. The highest BCUT2D eigenvalue weighted by Gasteiger charge is 2.33. The smallest absolute Gasteiger partial charge is 0.417 e. The number of carbonyl (C=O) groups excluding carboxylic acids is 2. The number of benzene rings is 2. The van der Waals surface area contributed by atoms with Crippen molar-refractivity contribution in [3.63, 3.8) is 0 Å². The summed E-state index contributed by atoms with van der Waals surface area (Å²) in [5, 5.41) is 1.92. The molecule has 168 valence electrons. The zero-order valence-corrected chi connectivity index (χ0v) is 18.0. The van der Waals surface area contributed by atoms with E-state index in [1.165, 1.54) is 6.07 Å². The Morgan fingerprint density at radius 3 is 2.23 bits per heavy atom. The second-order valence-electron chi connectivity index (χ2n) is 7.81. The predicted octanol–water partition coefficient (Wildman–Crippen LogP) is 5.54. The third kappa shape index (κ3) is 8.13. The molecule has 0 saturated carbocycles. The Bertz CT molecular complexity index is 911. The minimum Gasteiger partial charge on any atom is -0.459 e. The molecule has 0 aromatic heterocycles. The van der Waals surface area contributed by atoms with Crippen LogP contribution in [0, 0.1) is 0 Å². The lowest BCUT2D eigenvalue weighted by Crippen LogP contribution is -2.45. The van der Waals surface area contributed by atoms with Gasteiger partial charge in [-0.1, -0.05) is 48.0 Å². The minimum atomic E-state index is -4.60. The number of hydrogen-bond donors (Lipinski definition) is 1. The van der Waals surface area contributed by atoms with Crippen LogP contribution in [-0.4, -0.2) is 23.7 Å². The van der Waals surface area contributed by atoms with Gasteiger partial charge in [0, 0.05) is 6.42 Å². The van der Waals surface area contributed by atoms with Crippen LogP contribution in [0.25, 0.3) is 0 Å². The second-order valence-corrected chi connectivity index (χ2v) is 8.22. The number of carbonyl (C=O) groups is 2. The first kappa shape index (κ1) is 24.5. The van der Waals surface area contributed by atoms with Crippen LogP contribution in [0.1, 0.15) is 37.5 Å². The van der Waals surface area contributed by atoms with Crippen LogP contribution in [0.4, 0.5) is 18.0 Å². The van der Waals surface area contributed by atoms with Gasteiger partial charge in [-0.15, -0.1) is 0 Å². The van der Waals surface area contributed by atoms with Crippen LogP contribution in [0.3, 0.4) is 0 Å². The molecule has 0 aliphatic rings. The molecule has 0 bridgehead atoms. The number of amides is 1. The number of nitrogens with one attached hydrogen (secondary N) is 1. The molecule has 2 rings (SSSR count). The van der Waals surface area contributed by atoms with Gasteiger partial charge in [0.15, 0.2) is 0 Å². The van der Waals surface area contributed by atoms with Crippen LogP contribution >= 0.6 is 11.6 Å². The highest BCUT2D eigenvalue weighted by molar-refractivity contribution is 6.31. The molecule has 1 N–H and O–H groups in total. The van der Waals surface area contributed by atoms with Gasteiger partial charge in [-0.2, -0.15) is 13.2 Å². The Morgan fingerprint density at radius 2 is 1.68 bits per heavy atom. The van der Waals surface area contributed by atoms with E-state index in [0.717, 1.165) is 17.7 Å². The SMILES string of the molecule is CC(C)(C)OC(=O)NC(Cc1ccc(C(F)(F)F)c(Cl)c1)C(=O)OCc1ccccc1. The summed E-state index contributed by atoms with van der Waals surface area (Å²) in [6.45, 7) is 4.95. The first-order chi connectivity index (χ1) is 14.3. The lowest BCUT2D eigenvalue weighted by atomic mass is 10.0. The van der Waals surface area contributed by atoms with Crippen LogP contribution in [0.2, 0.25) is 5.02 Å². The Balaban J connectivity index is 2.17. The molecule has 9 heteroatoms. The lowest BCUT2D eigenvalue weighted by molar-refractivity contribution is -0.147. The molecule has 1 atom stereocenters. The number of rotatable bonds is 6. The van der Waals surface area contributed by atoms with Crippen LogP contribution < -0.4 is 5.32 Å². The number of ether oxygens (including phenoxy) is 2. The van der Waals surface area contributed by atoms with E-state index in [0.29, 0.717) is 5.56 Å². The standard InChI is InChI=1S/C22H23ClF3NO4/c1-21(2,3)31-20(29)27-18(19(28)30-13-14-7-5-4-6-8-14)12-15-9-10-16(17(23)11-15)22(24,25)26/h4-11,18H,12-13H2,1-3H3,(H,27,29). The van der Waals surface area contributed by atoms with Crippen molar-refractivity contribution in [3.8, 4) is 0 Å². The molecule has 0 aliphatic heterocycles. The summed E-state index contributed by atoms with van der Waals surface area (Å²) in [5.41, 5.74) is -0.735. The number of esters is 1. The molecule has 5 nitrogen and oxygen atoms in total. The van der Waals surface area contributed by atoms with Gasteiger partial charge in [0.05, 0.1) is 10.6 Å². The zero-order chi connectivity index (χ0) is 23.2. The Morgan fingerprint density at radius 1 is 1.03 bits per heavy atom. The fraction of sp³-hybridized carbons (Fsp3) is 0.364. The van der Waals surface area contributed by atoms with Crippen LogP contribution in [0.15, 0.2) is 48.5 Å². The summed E-state index contributed by atoms with van der Waals surface area (Å²) < 4.78 is 49.2. The molecule has 31 heavy (non-hydrogen) atoms. The number of alkyl carbamates (subject to hydrolysis) is 1. The van der Waals surface area contributed by atoms with E-state index in [-0.39, 0.29) is 13.0 Å². The summed E-state index contributed by atoms with van der Waals surface area (Å²) >= 11 is 5.76. The van der Waals surface area contributed by atoms with Crippen molar-refractivity contribution in [2.45, 2.75) is 51.6 Å². The fourth-order valence-electron chi connectivity index (χ4n) is 2.62. The predicted molar refractivity (Wildman–Crippen MR) is 110 cm³/mol. The maximum Gasteiger partial charge on any atom is 0.417 e. The Hall–Kier alpha value is -2.74. The van der Waals surface area contributed by atoms with E-state index in [9.17, 15) is 22.8 Å². The molecule has 1 amide bonds. The fourth-order valence-corrected chi connectivity index (χ4v) is 2.93. The lowest BCUT2D eigenvalue weighted by Gasteiger charge is -2.23. The van der Waals surface area contributed by atoms with Crippen LogP contribution in [0.5, 0.6) is 0 Å². The van der Waals surface area contributed by atoms with Gasteiger partial charge in [-0.25, -0.2) is 9.59 Å². The monoisotopic (exact) mass is 457 g/mol. The van der Waals surface area contributed by atoms with Crippen molar-refractivity contribution in [2.75, 3.05) is 0 Å². The zero-order valence-electron chi connectivity index (χ0n) is 17.3. The Kier molecular flexibility index (Phi) is 7.95. The molecule has 0 heterocycles. The topological polar surface area (TPSA) is 64.6 Å². The average Bonchev–Trinajstić information content (AvgIpc) is 2.64. The molecule has 0 fully saturated rings. The van der Waals surface area contributed by atoms with Gasteiger partial charge in [-0.3, -0.25) is 0 Å². The summed E-state index contributed by atoms with van der Waals surface area (Å²) in [4.78, 5) is 24.8. The summed E-state index contributed by atoms with van der Waals surface area (Å²) in [7, 11) is 0. The number of halogens is 4. The second kappa shape index (κ2) is 10.0. The van der Waals surface area contributed by atoms with E-state index in [1.54, 1.807) is 45.0 Å². The Labute approximate surface area is 183 Å². The van der Waals surface area contributed by atoms with E-state index < -0.39 is 40.5 Å². The van der Waals surface area contributed by atoms with E-state index in [1.807, 2.05) is 6.07 Å². The quantitative estimate of drug-likeness (QED) is 0.578. The van der Waals surface area contributed by atoms with Crippen molar-refractivity contribution in [3.05, 3.63) is 70.2 Å². The van der Waals surface area contributed by atoms with E-state index in [2.05, 4.69) is 5.32 Å². The van der Waals surface area contributed by atoms with E-state index >= 15 is 0 Å². The molecule has 2 aromatic carbocycles. The largest absolute Gasteiger partial charge is 0.459 e. The molecular weight excluding hydrogens is 435 g/mol. The molecule has 0 radical (unpaired) electrons.